The van der Waals surface area contributed by atoms with Crippen LogP contribution in [0, 0.1) is 6.92 Å². The van der Waals surface area contributed by atoms with Gasteiger partial charge in [-0.3, -0.25) is 0 Å². The molecule has 74 valence electrons. The lowest BCUT2D eigenvalue weighted by Gasteiger charge is -2.10. The van der Waals surface area contributed by atoms with Gasteiger partial charge in [0, 0.05) is 6.04 Å². The molecule has 2 aliphatic carbocycles. The van der Waals surface area contributed by atoms with E-state index in [1.165, 1.54) is 24.8 Å². The Morgan fingerprint density at radius 1 is 1.14 bits per heavy atom. The number of hydrogen-bond acceptors (Lipinski definition) is 1. The fourth-order valence-electron chi connectivity index (χ4n) is 3.16. The van der Waals surface area contributed by atoms with Gasteiger partial charge in [0.25, 0.3) is 0 Å². The Bertz CT molecular complexity index is 393. The molecule has 1 nitrogen and oxygen atoms in total. The van der Waals surface area contributed by atoms with Gasteiger partial charge in [-0.2, -0.15) is 0 Å². The molecular weight excluding hydrogens is 170 g/mol. The van der Waals surface area contributed by atoms with E-state index in [4.69, 9.17) is 5.73 Å². The van der Waals surface area contributed by atoms with Crippen LogP contribution in [0.15, 0.2) is 6.07 Å². The maximum atomic E-state index is 6.01. The van der Waals surface area contributed by atoms with Gasteiger partial charge >= 0.3 is 0 Å². The largest absolute Gasteiger partial charge is 0.327 e. The van der Waals surface area contributed by atoms with E-state index in [-0.39, 0.29) is 0 Å². The van der Waals surface area contributed by atoms with Crippen molar-refractivity contribution < 1.29 is 0 Å². The summed E-state index contributed by atoms with van der Waals surface area (Å²) in [5.41, 5.74) is 13.9. The molecule has 1 atom stereocenters. The summed E-state index contributed by atoms with van der Waals surface area (Å²) < 4.78 is 0. The predicted molar refractivity (Wildman–Crippen MR) is 58.6 cm³/mol. The Kier molecular flexibility index (Phi) is 1.72. The van der Waals surface area contributed by atoms with Crippen molar-refractivity contribution in [3.8, 4) is 0 Å². The SMILES string of the molecule is Cc1c2c(cc3c1C[C@H](N)C3)CCC2. The molecule has 1 heteroatoms. The van der Waals surface area contributed by atoms with Crippen molar-refractivity contribution in [3.05, 3.63) is 33.9 Å². The van der Waals surface area contributed by atoms with Crippen LogP contribution >= 0.6 is 0 Å². The first-order chi connectivity index (χ1) is 6.75. The summed E-state index contributed by atoms with van der Waals surface area (Å²) in [5, 5.41) is 0. The van der Waals surface area contributed by atoms with Crippen LogP contribution in [0.4, 0.5) is 0 Å². The lowest BCUT2D eigenvalue weighted by molar-refractivity contribution is 0.719. The highest BCUT2D eigenvalue weighted by Crippen LogP contribution is 2.33. The van der Waals surface area contributed by atoms with Gasteiger partial charge in [-0.25, -0.2) is 0 Å². The van der Waals surface area contributed by atoms with Crippen LogP contribution in [-0.4, -0.2) is 6.04 Å². The van der Waals surface area contributed by atoms with Gasteiger partial charge in [-0.1, -0.05) is 6.07 Å². The maximum absolute atomic E-state index is 6.01. The van der Waals surface area contributed by atoms with Gasteiger partial charge in [0.1, 0.15) is 0 Å². The van der Waals surface area contributed by atoms with Gasteiger partial charge in [0.15, 0.2) is 0 Å². The number of nitrogens with two attached hydrogens (primary N) is 1. The Balaban J connectivity index is 2.19. The first kappa shape index (κ1) is 8.49. The molecule has 0 fully saturated rings. The number of hydrogen-bond donors (Lipinski definition) is 1. The van der Waals surface area contributed by atoms with E-state index < -0.39 is 0 Å². The second-order valence-corrected chi connectivity index (χ2v) is 4.80. The van der Waals surface area contributed by atoms with Crippen molar-refractivity contribution in [2.75, 3.05) is 0 Å². The number of aryl methyl sites for hydroxylation is 1. The first-order valence-corrected chi connectivity index (χ1v) is 5.64. The van der Waals surface area contributed by atoms with Crippen LogP contribution in [-0.2, 0) is 25.7 Å². The van der Waals surface area contributed by atoms with Crippen molar-refractivity contribution in [1.82, 2.24) is 0 Å². The predicted octanol–water partition coefficient (Wildman–Crippen LogP) is 1.91. The van der Waals surface area contributed by atoms with Gasteiger partial charge in [-0.15, -0.1) is 0 Å². The molecule has 0 aromatic heterocycles. The number of rotatable bonds is 0. The quantitative estimate of drug-likeness (QED) is 0.659. The average molecular weight is 187 g/mol. The van der Waals surface area contributed by atoms with Gasteiger partial charge in [-0.05, 0) is 66.8 Å². The Labute approximate surface area is 85.3 Å². The first-order valence-electron chi connectivity index (χ1n) is 5.64. The standard InChI is InChI=1S/C13H17N/c1-8-12-4-2-3-9(12)5-10-6-11(14)7-13(8)10/h5,11H,2-4,6-7,14H2,1H3/t11-/m1/s1. The van der Waals surface area contributed by atoms with Crippen molar-refractivity contribution in [1.29, 1.82) is 0 Å². The summed E-state index contributed by atoms with van der Waals surface area (Å²) in [7, 11) is 0. The third-order valence-electron chi connectivity index (χ3n) is 3.85. The molecule has 0 radical (unpaired) electrons. The number of fused-ring (bicyclic) bond motifs is 2. The zero-order valence-corrected chi connectivity index (χ0v) is 8.77. The van der Waals surface area contributed by atoms with Crippen LogP contribution in [0.2, 0.25) is 0 Å². The molecular formula is C13H17N. The van der Waals surface area contributed by atoms with E-state index in [2.05, 4.69) is 13.0 Å². The molecule has 2 N–H and O–H groups in total. The maximum Gasteiger partial charge on any atom is 0.0120 e. The monoisotopic (exact) mass is 187 g/mol. The average Bonchev–Trinajstić information content (AvgIpc) is 2.71. The molecule has 0 saturated carbocycles. The molecule has 1 aromatic carbocycles. The molecule has 3 rings (SSSR count). The minimum absolute atomic E-state index is 0.381. The second-order valence-electron chi connectivity index (χ2n) is 4.80. The van der Waals surface area contributed by atoms with E-state index in [0.717, 1.165) is 12.8 Å². The van der Waals surface area contributed by atoms with Gasteiger partial charge in [0.2, 0.25) is 0 Å². The Hall–Kier alpha value is -0.820. The minimum Gasteiger partial charge on any atom is -0.327 e. The third kappa shape index (κ3) is 1.05. The molecule has 0 amide bonds. The highest BCUT2D eigenvalue weighted by atomic mass is 14.6. The van der Waals surface area contributed by atoms with Crippen molar-refractivity contribution in [2.45, 2.75) is 45.1 Å². The third-order valence-corrected chi connectivity index (χ3v) is 3.85. The minimum atomic E-state index is 0.381. The second kappa shape index (κ2) is 2.83. The summed E-state index contributed by atoms with van der Waals surface area (Å²) >= 11 is 0. The summed E-state index contributed by atoms with van der Waals surface area (Å²) in [6.07, 6.45) is 6.14. The van der Waals surface area contributed by atoms with E-state index >= 15 is 0 Å². The fourth-order valence-corrected chi connectivity index (χ4v) is 3.16. The lowest BCUT2D eigenvalue weighted by Crippen LogP contribution is -2.19. The Morgan fingerprint density at radius 2 is 2.00 bits per heavy atom. The highest BCUT2D eigenvalue weighted by molar-refractivity contribution is 5.50. The Morgan fingerprint density at radius 3 is 2.86 bits per heavy atom. The van der Waals surface area contributed by atoms with Gasteiger partial charge < -0.3 is 5.73 Å². The molecule has 0 aliphatic heterocycles. The van der Waals surface area contributed by atoms with Crippen molar-refractivity contribution in [2.24, 2.45) is 5.73 Å². The molecule has 0 bridgehead atoms. The lowest BCUT2D eigenvalue weighted by atomic mass is 9.95. The van der Waals surface area contributed by atoms with Gasteiger partial charge in [0.05, 0.1) is 0 Å². The smallest absolute Gasteiger partial charge is 0.0120 e. The van der Waals surface area contributed by atoms with E-state index in [1.807, 2.05) is 0 Å². The van der Waals surface area contributed by atoms with Crippen LogP contribution in [0.25, 0.3) is 0 Å². The molecule has 0 spiro atoms. The van der Waals surface area contributed by atoms with E-state index in [0.29, 0.717) is 6.04 Å². The summed E-state index contributed by atoms with van der Waals surface area (Å²) in [5.74, 6) is 0. The molecule has 2 aliphatic rings. The molecule has 0 heterocycles. The fraction of sp³-hybridized carbons (Fsp3) is 0.538. The molecule has 0 unspecified atom stereocenters. The molecule has 14 heavy (non-hydrogen) atoms. The van der Waals surface area contributed by atoms with Crippen molar-refractivity contribution >= 4 is 0 Å². The topological polar surface area (TPSA) is 26.0 Å². The van der Waals surface area contributed by atoms with Crippen LogP contribution < -0.4 is 5.73 Å². The number of benzene rings is 1. The summed E-state index contributed by atoms with van der Waals surface area (Å²) in [4.78, 5) is 0. The summed E-state index contributed by atoms with van der Waals surface area (Å²) in [6, 6.07) is 2.81. The molecule has 1 aromatic rings. The highest BCUT2D eigenvalue weighted by Gasteiger charge is 2.24. The summed E-state index contributed by atoms with van der Waals surface area (Å²) in [6.45, 7) is 2.29. The van der Waals surface area contributed by atoms with E-state index in [9.17, 15) is 0 Å². The zero-order chi connectivity index (χ0) is 9.71. The normalized spacial score (nSPS) is 23.7. The van der Waals surface area contributed by atoms with E-state index in [1.54, 1.807) is 22.3 Å². The van der Waals surface area contributed by atoms with Crippen LogP contribution in [0.1, 0.15) is 34.2 Å². The molecule has 0 saturated heterocycles. The zero-order valence-electron chi connectivity index (χ0n) is 8.77. The van der Waals surface area contributed by atoms with Crippen molar-refractivity contribution in [3.63, 3.8) is 0 Å². The van der Waals surface area contributed by atoms with Crippen LogP contribution in [0.5, 0.6) is 0 Å². The van der Waals surface area contributed by atoms with Crippen LogP contribution in [0.3, 0.4) is 0 Å².